The highest BCUT2D eigenvalue weighted by Crippen LogP contribution is 2.30. The Morgan fingerprint density at radius 3 is 2.11 bits per heavy atom. The number of hydrogen-bond donors (Lipinski definition) is 1. The van der Waals surface area contributed by atoms with E-state index in [0.29, 0.717) is 23.5 Å². The SMILES string of the molecule is CCOc1ccc(C(C)(C)F)cc1C(N)=NCc1ccc(C(C)(F)F)cc1. The molecule has 6 heteroatoms. The molecule has 146 valence electrons. The van der Waals surface area contributed by atoms with E-state index in [2.05, 4.69) is 4.99 Å². The van der Waals surface area contributed by atoms with Gasteiger partial charge in [-0.15, -0.1) is 0 Å². The number of amidine groups is 1. The van der Waals surface area contributed by atoms with Gasteiger partial charge in [0, 0.05) is 12.5 Å². The monoisotopic (exact) mass is 378 g/mol. The minimum Gasteiger partial charge on any atom is -0.493 e. The Labute approximate surface area is 158 Å². The highest BCUT2D eigenvalue weighted by Gasteiger charge is 2.24. The highest BCUT2D eigenvalue weighted by atomic mass is 19.3. The lowest BCUT2D eigenvalue weighted by Gasteiger charge is -2.18. The molecule has 0 aliphatic rings. The van der Waals surface area contributed by atoms with Crippen LogP contribution in [0.2, 0.25) is 0 Å². The molecule has 0 amide bonds. The molecule has 2 rings (SSSR count). The molecule has 0 fully saturated rings. The maximum absolute atomic E-state index is 14.3. The van der Waals surface area contributed by atoms with E-state index in [1.165, 1.54) is 26.0 Å². The number of halogens is 3. The van der Waals surface area contributed by atoms with Crippen molar-refractivity contribution in [1.29, 1.82) is 0 Å². The summed E-state index contributed by atoms with van der Waals surface area (Å²) in [5.41, 5.74) is 6.25. The molecule has 2 N–H and O–H groups in total. The van der Waals surface area contributed by atoms with Gasteiger partial charge in [-0.1, -0.05) is 30.3 Å². The van der Waals surface area contributed by atoms with Crippen molar-refractivity contribution in [2.75, 3.05) is 6.61 Å². The number of hydrogen-bond acceptors (Lipinski definition) is 2. The third-order valence-corrected chi connectivity index (χ3v) is 4.13. The fourth-order valence-electron chi connectivity index (χ4n) is 2.55. The number of nitrogens with two attached hydrogens (primary N) is 1. The van der Waals surface area contributed by atoms with Crippen molar-refractivity contribution >= 4 is 5.84 Å². The Morgan fingerprint density at radius 1 is 1.00 bits per heavy atom. The summed E-state index contributed by atoms with van der Waals surface area (Å²) in [5.74, 6) is -2.16. The molecular weight excluding hydrogens is 353 g/mol. The van der Waals surface area contributed by atoms with E-state index in [-0.39, 0.29) is 17.9 Å². The molecule has 0 bridgehead atoms. The van der Waals surface area contributed by atoms with Gasteiger partial charge in [0.25, 0.3) is 5.92 Å². The first kappa shape index (κ1) is 20.8. The summed E-state index contributed by atoms with van der Waals surface area (Å²) >= 11 is 0. The van der Waals surface area contributed by atoms with E-state index < -0.39 is 11.6 Å². The quantitative estimate of drug-likeness (QED) is 0.524. The summed E-state index contributed by atoms with van der Waals surface area (Å²) in [6, 6.07) is 10.9. The van der Waals surface area contributed by atoms with Gasteiger partial charge in [-0.05, 0) is 44.0 Å². The van der Waals surface area contributed by atoms with E-state index in [0.717, 1.165) is 12.5 Å². The predicted molar refractivity (Wildman–Crippen MR) is 102 cm³/mol. The van der Waals surface area contributed by atoms with Crippen molar-refractivity contribution in [3.05, 3.63) is 64.7 Å². The van der Waals surface area contributed by atoms with Crippen LogP contribution in [0, 0.1) is 0 Å². The van der Waals surface area contributed by atoms with E-state index in [1.807, 2.05) is 6.92 Å². The lowest BCUT2D eigenvalue weighted by molar-refractivity contribution is 0.0174. The standard InChI is InChI=1S/C21H25F3N2O/c1-5-27-18-11-10-16(20(2,3)22)12-17(18)19(25)26-13-14-6-8-15(9-7-14)21(4,23)24/h6-12H,5,13H2,1-4H3,(H2,25,26). The number of nitrogens with zero attached hydrogens (tertiary/aromatic N) is 1. The molecule has 0 unspecified atom stereocenters. The van der Waals surface area contributed by atoms with Crippen LogP contribution in [0.3, 0.4) is 0 Å². The molecule has 2 aromatic rings. The molecule has 0 saturated heterocycles. The molecule has 27 heavy (non-hydrogen) atoms. The zero-order valence-electron chi connectivity index (χ0n) is 16.0. The first-order chi connectivity index (χ1) is 12.5. The smallest absolute Gasteiger partial charge is 0.270 e. The van der Waals surface area contributed by atoms with Gasteiger partial charge < -0.3 is 10.5 Å². The number of aliphatic imine (C=N–C) groups is 1. The Morgan fingerprint density at radius 2 is 1.59 bits per heavy atom. The molecule has 0 atom stereocenters. The third-order valence-electron chi connectivity index (χ3n) is 4.13. The van der Waals surface area contributed by atoms with Crippen LogP contribution in [-0.2, 0) is 18.1 Å². The predicted octanol–water partition coefficient (Wildman–Crippen LogP) is 5.31. The molecule has 3 nitrogen and oxygen atoms in total. The molecule has 0 heterocycles. The molecule has 0 spiro atoms. The van der Waals surface area contributed by atoms with Crippen molar-refractivity contribution in [1.82, 2.24) is 0 Å². The summed E-state index contributed by atoms with van der Waals surface area (Å²) in [6.07, 6.45) is 0. The summed E-state index contributed by atoms with van der Waals surface area (Å²) in [4.78, 5) is 4.33. The number of rotatable bonds is 7. The van der Waals surface area contributed by atoms with Gasteiger partial charge >= 0.3 is 0 Å². The molecule has 0 aliphatic carbocycles. The normalized spacial score (nSPS) is 12.9. The van der Waals surface area contributed by atoms with Crippen molar-refractivity contribution in [2.45, 2.75) is 45.8 Å². The van der Waals surface area contributed by atoms with Crippen LogP contribution in [0.4, 0.5) is 13.2 Å². The molecule has 0 saturated carbocycles. The maximum atomic E-state index is 14.3. The maximum Gasteiger partial charge on any atom is 0.270 e. The second-order valence-electron chi connectivity index (χ2n) is 6.90. The van der Waals surface area contributed by atoms with Crippen LogP contribution in [-0.4, -0.2) is 12.4 Å². The Balaban J connectivity index is 2.28. The molecule has 0 aromatic heterocycles. The zero-order chi connectivity index (χ0) is 20.2. The van der Waals surface area contributed by atoms with Crippen molar-refractivity contribution < 1.29 is 17.9 Å². The summed E-state index contributed by atoms with van der Waals surface area (Å²) in [7, 11) is 0. The Kier molecular flexibility index (Phi) is 6.19. The summed E-state index contributed by atoms with van der Waals surface area (Å²) in [5, 5.41) is 0. The average molecular weight is 378 g/mol. The third kappa shape index (κ3) is 5.49. The fraction of sp³-hybridized carbons (Fsp3) is 0.381. The fourth-order valence-corrected chi connectivity index (χ4v) is 2.55. The molecule has 0 aliphatic heterocycles. The largest absolute Gasteiger partial charge is 0.493 e. The second kappa shape index (κ2) is 8.03. The van der Waals surface area contributed by atoms with Gasteiger partial charge in [0.15, 0.2) is 0 Å². The minimum absolute atomic E-state index is 0.0558. The van der Waals surface area contributed by atoms with Crippen LogP contribution < -0.4 is 10.5 Å². The van der Waals surface area contributed by atoms with Crippen molar-refractivity contribution in [3.8, 4) is 5.75 Å². The lowest BCUT2D eigenvalue weighted by atomic mass is 9.97. The van der Waals surface area contributed by atoms with Gasteiger partial charge in [0.2, 0.25) is 0 Å². The van der Waals surface area contributed by atoms with Crippen LogP contribution in [0.25, 0.3) is 0 Å². The van der Waals surface area contributed by atoms with Gasteiger partial charge in [-0.3, -0.25) is 4.99 Å². The van der Waals surface area contributed by atoms with Crippen LogP contribution in [0.1, 0.15) is 49.9 Å². The first-order valence-corrected chi connectivity index (χ1v) is 8.76. The van der Waals surface area contributed by atoms with Crippen molar-refractivity contribution in [2.24, 2.45) is 10.7 Å². The lowest BCUT2D eigenvalue weighted by Crippen LogP contribution is -2.18. The van der Waals surface area contributed by atoms with Gasteiger partial charge in [-0.25, -0.2) is 13.2 Å². The van der Waals surface area contributed by atoms with E-state index in [9.17, 15) is 13.2 Å². The molecular formula is C21H25F3N2O. The Bertz CT molecular complexity index is 804. The van der Waals surface area contributed by atoms with E-state index >= 15 is 0 Å². The second-order valence-corrected chi connectivity index (χ2v) is 6.90. The van der Waals surface area contributed by atoms with Gasteiger partial charge in [-0.2, -0.15) is 0 Å². The first-order valence-electron chi connectivity index (χ1n) is 8.76. The zero-order valence-corrected chi connectivity index (χ0v) is 16.0. The average Bonchev–Trinajstić information content (AvgIpc) is 2.59. The van der Waals surface area contributed by atoms with E-state index in [1.54, 1.807) is 30.3 Å². The van der Waals surface area contributed by atoms with Crippen molar-refractivity contribution in [3.63, 3.8) is 0 Å². The van der Waals surface area contributed by atoms with E-state index in [4.69, 9.17) is 10.5 Å². The van der Waals surface area contributed by atoms with Crippen LogP contribution in [0.15, 0.2) is 47.5 Å². The van der Waals surface area contributed by atoms with Gasteiger partial charge in [0.05, 0.1) is 18.7 Å². The van der Waals surface area contributed by atoms with Gasteiger partial charge in [0.1, 0.15) is 17.3 Å². The molecule has 0 radical (unpaired) electrons. The van der Waals surface area contributed by atoms with Crippen LogP contribution >= 0.6 is 0 Å². The number of alkyl halides is 3. The Hall–Kier alpha value is -2.50. The topological polar surface area (TPSA) is 47.6 Å². The minimum atomic E-state index is -2.88. The number of ether oxygens (including phenoxy) is 1. The summed E-state index contributed by atoms with van der Waals surface area (Å²) < 4.78 is 46.4. The van der Waals surface area contributed by atoms with Crippen LogP contribution in [0.5, 0.6) is 5.75 Å². The highest BCUT2D eigenvalue weighted by molar-refractivity contribution is 6.00. The number of benzene rings is 2. The molecule has 2 aromatic carbocycles. The summed E-state index contributed by atoms with van der Waals surface area (Å²) in [6.45, 7) is 6.28.